The number of rotatable bonds is 4. The average molecular weight is 283 g/mol. The predicted molar refractivity (Wildman–Crippen MR) is 84.9 cm³/mol. The number of aliphatic hydroxyl groups is 1. The van der Waals surface area contributed by atoms with Crippen LogP contribution in [0, 0.1) is 0 Å². The van der Waals surface area contributed by atoms with Crippen LogP contribution in [-0.4, -0.2) is 11.7 Å². The number of fused-ring (bicyclic) bond motifs is 1. The minimum atomic E-state index is -1.01. The molecule has 0 radical (unpaired) electrons. The maximum Gasteiger partial charge on any atom is 0.106 e. The lowest BCUT2D eigenvalue weighted by molar-refractivity contribution is 0.0467. The van der Waals surface area contributed by atoms with Crippen molar-refractivity contribution in [2.24, 2.45) is 5.73 Å². The van der Waals surface area contributed by atoms with Crippen molar-refractivity contribution in [3.05, 3.63) is 71.1 Å². The molecular formula is C17H17NOS. The molecule has 0 amide bonds. The van der Waals surface area contributed by atoms with E-state index >= 15 is 0 Å². The highest BCUT2D eigenvalue weighted by atomic mass is 32.1. The fraction of sp³-hybridized carbons (Fsp3) is 0.176. The van der Waals surface area contributed by atoms with Gasteiger partial charge in [0.1, 0.15) is 5.60 Å². The van der Waals surface area contributed by atoms with Crippen LogP contribution in [0.25, 0.3) is 10.1 Å². The summed E-state index contributed by atoms with van der Waals surface area (Å²) in [4.78, 5) is 0. The van der Waals surface area contributed by atoms with Crippen molar-refractivity contribution in [1.29, 1.82) is 0 Å². The Kier molecular flexibility index (Phi) is 3.57. The second kappa shape index (κ2) is 5.37. The molecule has 3 rings (SSSR count). The van der Waals surface area contributed by atoms with Crippen LogP contribution in [-0.2, 0) is 12.0 Å². The molecule has 2 nitrogen and oxygen atoms in total. The minimum absolute atomic E-state index is 0.210. The van der Waals surface area contributed by atoms with E-state index in [2.05, 4.69) is 17.5 Å². The number of hydrogen-bond donors (Lipinski definition) is 2. The zero-order valence-corrected chi connectivity index (χ0v) is 11.9. The van der Waals surface area contributed by atoms with Crippen molar-refractivity contribution in [3.63, 3.8) is 0 Å². The highest BCUT2D eigenvalue weighted by molar-refractivity contribution is 7.17. The molecule has 0 fully saturated rings. The van der Waals surface area contributed by atoms with Crippen LogP contribution in [0.4, 0.5) is 0 Å². The monoisotopic (exact) mass is 283 g/mol. The maximum atomic E-state index is 10.9. The Morgan fingerprint density at radius 1 is 1.00 bits per heavy atom. The molecule has 3 aromatic rings. The van der Waals surface area contributed by atoms with E-state index in [0.717, 1.165) is 11.1 Å². The molecule has 0 saturated heterocycles. The summed E-state index contributed by atoms with van der Waals surface area (Å²) in [6.45, 7) is 0.210. The van der Waals surface area contributed by atoms with Crippen molar-refractivity contribution in [2.45, 2.75) is 12.0 Å². The Balaban J connectivity index is 1.99. The second-order valence-electron chi connectivity index (χ2n) is 5.04. The van der Waals surface area contributed by atoms with Gasteiger partial charge in [0.2, 0.25) is 0 Å². The van der Waals surface area contributed by atoms with Gasteiger partial charge in [0, 0.05) is 17.7 Å². The molecule has 0 aliphatic carbocycles. The summed E-state index contributed by atoms with van der Waals surface area (Å²) in [5, 5.41) is 14.2. The Labute approximate surface area is 122 Å². The topological polar surface area (TPSA) is 46.2 Å². The first kappa shape index (κ1) is 13.3. The van der Waals surface area contributed by atoms with Gasteiger partial charge in [-0.15, -0.1) is 11.3 Å². The first-order valence-corrected chi connectivity index (χ1v) is 7.54. The fourth-order valence-electron chi connectivity index (χ4n) is 2.53. The largest absolute Gasteiger partial charge is 0.383 e. The molecule has 0 bridgehead atoms. The summed E-state index contributed by atoms with van der Waals surface area (Å²) in [5.74, 6) is 0. The third-order valence-electron chi connectivity index (χ3n) is 3.69. The summed E-state index contributed by atoms with van der Waals surface area (Å²) in [7, 11) is 0. The van der Waals surface area contributed by atoms with Crippen LogP contribution >= 0.6 is 11.3 Å². The van der Waals surface area contributed by atoms with Crippen molar-refractivity contribution >= 4 is 21.4 Å². The molecule has 0 aliphatic rings. The van der Waals surface area contributed by atoms with Crippen LogP contribution in [0.2, 0.25) is 0 Å². The number of hydrogen-bond acceptors (Lipinski definition) is 3. The highest BCUT2D eigenvalue weighted by Crippen LogP contribution is 2.32. The van der Waals surface area contributed by atoms with Gasteiger partial charge in [-0.3, -0.25) is 0 Å². The van der Waals surface area contributed by atoms with E-state index in [1.54, 1.807) is 11.3 Å². The Morgan fingerprint density at radius 2 is 1.70 bits per heavy atom. The molecule has 1 atom stereocenters. The molecular weight excluding hydrogens is 266 g/mol. The molecule has 0 saturated carbocycles. The first-order valence-electron chi connectivity index (χ1n) is 6.66. The van der Waals surface area contributed by atoms with Crippen LogP contribution in [0.1, 0.15) is 11.1 Å². The fourth-order valence-corrected chi connectivity index (χ4v) is 3.49. The number of nitrogens with two attached hydrogens (primary N) is 1. The summed E-state index contributed by atoms with van der Waals surface area (Å²) in [6.07, 6.45) is 0.539. The SMILES string of the molecule is NCC(O)(Cc1csc2ccccc12)c1ccccc1. The Morgan fingerprint density at radius 3 is 2.45 bits per heavy atom. The van der Waals surface area contributed by atoms with Crippen molar-refractivity contribution in [2.75, 3.05) is 6.54 Å². The summed E-state index contributed by atoms with van der Waals surface area (Å²) < 4.78 is 1.25. The molecule has 3 N–H and O–H groups in total. The maximum absolute atomic E-state index is 10.9. The lowest BCUT2D eigenvalue weighted by atomic mass is 9.87. The van der Waals surface area contributed by atoms with Gasteiger partial charge in [0.15, 0.2) is 0 Å². The Bertz CT molecular complexity index is 707. The van der Waals surface area contributed by atoms with E-state index in [1.165, 1.54) is 10.1 Å². The lowest BCUT2D eigenvalue weighted by Gasteiger charge is -2.27. The van der Waals surface area contributed by atoms with Gasteiger partial charge in [0.05, 0.1) is 0 Å². The molecule has 0 aliphatic heterocycles. The summed E-state index contributed by atoms with van der Waals surface area (Å²) in [6, 6.07) is 17.9. The van der Waals surface area contributed by atoms with E-state index in [9.17, 15) is 5.11 Å². The van der Waals surface area contributed by atoms with Crippen molar-refractivity contribution in [3.8, 4) is 0 Å². The molecule has 2 aromatic carbocycles. The zero-order chi connectivity index (χ0) is 14.0. The number of thiophene rings is 1. The van der Waals surface area contributed by atoms with Gasteiger partial charge in [-0.2, -0.15) is 0 Å². The predicted octanol–water partition coefficient (Wildman–Crippen LogP) is 3.29. The molecule has 102 valence electrons. The Hall–Kier alpha value is -1.68. The van der Waals surface area contributed by atoms with Gasteiger partial charge in [-0.1, -0.05) is 48.5 Å². The summed E-state index contributed by atoms with van der Waals surface area (Å²) >= 11 is 1.71. The average Bonchev–Trinajstić information content (AvgIpc) is 2.91. The van der Waals surface area contributed by atoms with E-state index in [-0.39, 0.29) is 6.54 Å². The highest BCUT2D eigenvalue weighted by Gasteiger charge is 2.28. The van der Waals surface area contributed by atoms with E-state index in [4.69, 9.17) is 5.73 Å². The van der Waals surface area contributed by atoms with Gasteiger partial charge >= 0.3 is 0 Å². The van der Waals surface area contributed by atoms with Gasteiger partial charge in [0.25, 0.3) is 0 Å². The second-order valence-corrected chi connectivity index (χ2v) is 5.95. The zero-order valence-electron chi connectivity index (χ0n) is 11.1. The van der Waals surface area contributed by atoms with E-state index in [1.807, 2.05) is 42.5 Å². The van der Waals surface area contributed by atoms with Crippen LogP contribution < -0.4 is 5.73 Å². The van der Waals surface area contributed by atoms with E-state index < -0.39 is 5.60 Å². The van der Waals surface area contributed by atoms with Crippen LogP contribution in [0.5, 0.6) is 0 Å². The van der Waals surface area contributed by atoms with Gasteiger partial charge in [-0.25, -0.2) is 0 Å². The van der Waals surface area contributed by atoms with Crippen LogP contribution in [0.15, 0.2) is 60.0 Å². The third kappa shape index (κ3) is 2.36. The van der Waals surface area contributed by atoms with E-state index in [0.29, 0.717) is 6.42 Å². The molecule has 0 spiro atoms. The normalized spacial score (nSPS) is 14.3. The quantitative estimate of drug-likeness (QED) is 0.772. The first-order chi connectivity index (χ1) is 9.73. The van der Waals surface area contributed by atoms with Gasteiger partial charge < -0.3 is 10.8 Å². The molecule has 1 aromatic heterocycles. The van der Waals surface area contributed by atoms with Crippen molar-refractivity contribution < 1.29 is 5.11 Å². The van der Waals surface area contributed by atoms with Crippen molar-refractivity contribution in [1.82, 2.24) is 0 Å². The third-order valence-corrected chi connectivity index (χ3v) is 4.71. The number of benzene rings is 2. The van der Waals surface area contributed by atoms with Gasteiger partial charge in [-0.05, 0) is 28.0 Å². The smallest absolute Gasteiger partial charge is 0.106 e. The molecule has 20 heavy (non-hydrogen) atoms. The lowest BCUT2D eigenvalue weighted by Crippen LogP contribution is -2.37. The summed E-state index contributed by atoms with van der Waals surface area (Å²) in [5.41, 5.74) is 6.87. The molecule has 1 unspecified atom stereocenters. The van der Waals surface area contributed by atoms with Crippen LogP contribution in [0.3, 0.4) is 0 Å². The standard InChI is InChI=1S/C17H17NOS/c18-12-17(19,14-6-2-1-3-7-14)10-13-11-20-16-9-5-4-8-15(13)16/h1-9,11,19H,10,12,18H2. The molecule has 3 heteroatoms. The minimum Gasteiger partial charge on any atom is -0.383 e. The molecule has 1 heterocycles.